The molecule has 1 heterocycles. The quantitative estimate of drug-likeness (QED) is 0.601. The van der Waals surface area contributed by atoms with Crippen LogP contribution in [0.3, 0.4) is 0 Å². The van der Waals surface area contributed by atoms with Gasteiger partial charge in [0, 0.05) is 16.8 Å². The summed E-state index contributed by atoms with van der Waals surface area (Å²) >= 11 is 5.92. The molecule has 150 valence electrons. The van der Waals surface area contributed by atoms with E-state index in [0.29, 0.717) is 15.9 Å². The van der Waals surface area contributed by atoms with Gasteiger partial charge in [-0.15, -0.1) is 0 Å². The zero-order valence-electron chi connectivity index (χ0n) is 15.8. The molecule has 0 bridgehead atoms. The molecule has 1 N–H and O–H groups in total. The van der Waals surface area contributed by atoms with E-state index in [1.807, 2.05) is 6.07 Å². The molecule has 0 aliphatic rings. The molecule has 3 aromatic rings. The van der Waals surface area contributed by atoms with E-state index in [1.165, 1.54) is 13.3 Å². The van der Waals surface area contributed by atoms with Gasteiger partial charge in [0.15, 0.2) is 0 Å². The van der Waals surface area contributed by atoms with Gasteiger partial charge in [-0.05, 0) is 29.8 Å². The van der Waals surface area contributed by atoms with Crippen molar-refractivity contribution in [1.82, 2.24) is 15.1 Å². The van der Waals surface area contributed by atoms with Crippen molar-refractivity contribution in [2.24, 2.45) is 0 Å². The summed E-state index contributed by atoms with van der Waals surface area (Å²) in [4.78, 5) is 36.2. The first kappa shape index (κ1) is 20.5. The summed E-state index contributed by atoms with van der Waals surface area (Å²) in [7, 11) is 1.30. The van der Waals surface area contributed by atoms with Crippen LogP contribution in [-0.2, 0) is 20.9 Å². The van der Waals surface area contributed by atoms with Gasteiger partial charge in [-0.3, -0.25) is 19.1 Å². The van der Waals surface area contributed by atoms with E-state index in [1.54, 1.807) is 47.1 Å². The Morgan fingerprint density at radius 3 is 2.62 bits per heavy atom. The first-order valence-corrected chi connectivity index (χ1v) is 9.42. The molecule has 3 rings (SSSR count). The number of aryl methyl sites for hydroxylation is 1. The van der Waals surface area contributed by atoms with Gasteiger partial charge in [-0.25, -0.2) is 0 Å². The number of ether oxygens (including phenoxy) is 1. The molecule has 2 aromatic carbocycles. The van der Waals surface area contributed by atoms with Crippen molar-refractivity contribution in [3.05, 3.63) is 75.5 Å². The lowest BCUT2D eigenvalue weighted by molar-refractivity contribution is -0.141. The summed E-state index contributed by atoms with van der Waals surface area (Å²) < 4.78 is 6.36. The van der Waals surface area contributed by atoms with Crippen molar-refractivity contribution < 1.29 is 14.3 Å². The number of esters is 1. The Hall–Kier alpha value is -3.19. The highest BCUT2D eigenvalue weighted by atomic mass is 35.5. The van der Waals surface area contributed by atoms with Crippen LogP contribution in [0.15, 0.2) is 59.5 Å². The van der Waals surface area contributed by atoms with Gasteiger partial charge < -0.3 is 10.1 Å². The molecular weight excluding hydrogens is 394 g/mol. The standard InChI is InChI=1S/C21H20ClN3O4/c1-29-21(28)12-17(14-6-8-15(22)9-7-14)24-20(27)10-11-25-18-5-3-2-4-16(18)19(26)13-23-25/h2-9,13,17H,10-12H2,1H3,(H,24,27). The number of halogens is 1. The van der Waals surface area contributed by atoms with Crippen LogP contribution in [0.5, 0.6) is 0 Å². The number of carbonyl (C=O) groups is 2. The monoisotopic (exact) mass is 413 g/mol. The number of benzene rings is 2. The predicted octanol–water partition coefficient (Wildman–Crippen LogP) is 2.86. The molecule has 0 radical (unpaired) electrons. The zero-order valence-corrected chi connectivity index (χ0v) is 16.6. The number of aromatic nitrogens is 2. The van der Waals surface area contributed by atoms with Crippen LogP contribution in [0.4, 0.5) is 0 Å². The van der Waals surface area contributed by atoms with Gasteiger partial charge in [-0.2, -0.15) is 5.10 Å². The Morgan fingerprint density at radius 2 is 1.90 bits per heavy atom. The SMILES string of the molecule is COC(=O)CC(NC(=O)CCn1ncc(=O)c2ccccc21)c1ccc(Cl)cc1. The maximum Gasteiger partial charge on any atom is 0.307 e. The van der Waals surface area contributed by atoms with Gasteiger partial charge in [0.05, 0.1) is 37.8 Å². The molecule has 8 heteroatoms. The summed E-state index contributed by atoms with van der Waals surface area (Å²) in [5.41, 5.74) is 1.25. The van der Waals surface area contributed by atoms with E-state index >= 15 is 0 Å². The number of carbonyl (C=O) groups excluding carboxylic acids is 2. The van der Waals surface area contributed by atoms with Gasteiger partial charge >= 0.3 is 5.97 Å². The van der Waals surface area contributed by atoms with E-state index in [0.717, 1.165) is 5.56 Å². The molecule has 1 unspecified atom stereocenters. The third kappa shape index (κ3) is 5.20. The summed E-state index contributed by atoms with van der Waals surface area (Å²) in [6, 6.07) is 13.5. The largest absolute Gasteiger partial charge is 0.469 e. The molecule has 0 fully saturated rings. The van der Waals surface area contributed by atoms with E-state index in [4.69, 9.17) is 16.3 Å². The number of nitrogens with zero attached hydrogens (tertiary/aromatic N) is 2. The second-order valence-electron chi connectivity index (χ2n) is 6.45. The highest BCUT2D eigenvalue weighted by Gasteiger charge is 2.19. The van der Waals surface area contributed by atoms with Crippen LogP contribution in [0, 0.1) is 0 Å². The molecule has 0 aliphatic heterocycles. The summed E-state index contributed by atoms with van der Waals surface area (Å²) in [6.45, 7) is 0.290. The predicted molar refractivity (Wildman–Crippen MR) is 110 cm³/mol. The first-order valence-electron chi connectivity index (χ1n) is 9.04. The van der Waals surface area contributed by atoms with Crippen LogP contribution < -0.4 is 10.7 Å². The van der Waals surface area contributed by atoms with E-state index < -0.39 is 12.0 Å². The number of nitrogens with one attached hydrogen (secondary N) is 1. The van der Waals surface area contributed by atoms with E-state index in [2.05, 4.69) is 10.4 Å². The molecule has 0 aliphatic carbocycles. The number of fused-ring (bicyclic) bond motifs is 1. The lowest BCUT2D eigenvalue weighted by Gasteiger charge is -2.18. The molecule has 1 aromatic heterocycles. The topological polar surface area (TPSA) is 90.3 Å². The summed E-state index contributed by atoms with van der Waals surface area (Å²) in [6.07, 6.45) is 1.38. The maximum absolute atomic E-state index is 12.5. The molecular formula is C21H20ClN3O4. The van der Waals surface area contributed by atoms with Crippen LogP contribution in [0.2, 0.25) is 5.02 Å². The number of hydrogen-bond donors (Lipinski definition) is 1. The Balaban J connectivity index is 1.72. The van der Waals surface area contributed by atoms with Crippen molar-refractivity contribution in [3.8, 4) is 0 Å². The van der Waals surface area contributed by atoms with Crippen LogP contribution >= 0.6 is 11.6 Å². The van der Waals surface area contributed by atoms with Crippen molar-refractivity contribution in [2.75, 3.05) is 7.11 Å². The second kappa shape index (κ2) is 9.34. The molecule has 7 nitrogen and oxygen atoms in total. The Kier molecular flexibility index (Phi) is 6.61. The number of hydrogen-bond acceptors (Lipinski definition) is 5. The number of para-hydroxylation sites is 1. The lowest BCUT2D eigenvalue weighted by atomic mass is 10.0. The minimum absolute atomic E-state index is 0.00305. The lowest BCUT2D eigenvalue weighted by Crippen LogP contribution is -2.31. The van der Waals surface area contributed by atoms with Crippen molar-refractivity contribution >= 4 is 34.4 Å². The molecule has 0 saturated heterocycles. The van der Waals surface area contributed by atoms with Gasteiger partial charge in [-0.1, -0.05) is 35.9 Å². The molecule has 29 heavy (non-hydrogen) atoms. The molecule has 0 spiro atoms. The molecule has 1 amide bonds. The normalized spacial score (nSPS) is 11.8. The minimum atomic E-state index is -0.536. The average Bonchev–Trinajstić information content (AvgIpc) is 2.73. The average molecular weight is 414 g/mol. The highest BCUT2D eigenvalue weighted by molar-refractivity contribution is 6.30. The van der Waals surface area contributed by atoms with Gasteiger partial charge in [0.1, 0.15) is 0 Å². The fourth-order valence-corrected chi connectivity index (χ4v) is 3.14. The second-order valence-corrected chi connectivity index (χ2v) is 6.89. The smallest absolute Gasteiger partial charge is 0.307 e. The first-order chi connectivity index (χ1) is 14.0. The van der Waals surface area contributed by atoms with Crippen LogP contribution in [0.1, 0.15) is 24.4 Å². The number of rotatable bonds is 7. The third-order valence-electron chi connectivity index (χ3n) is 4.52. The van der Waals surface area contributed by atoms with Gasteiger partial charge in [0.25, 0.3) is 0 Å². The number of amides is 1. The van der Waals surface area contributed by atoms with E-state index in [9.17, 15) is 14.4 Å². The number of methoxy groups -OCH3 is 1. The minimum Gasteiger partial charge on any atom is -0.469 e. The highest BCUT2D eigenvalue weighted by Crippen LogP contribution is 2.20. The van der Waals surface area contributed by atoms with Crippen molar-refractivity contribution in [2.45, 2.75) is 25.4 Å². The molecule has 1 atom stereocenters. The summed E-state index contributed by atoms with van der Waals surface area (Å²) in [5, 5.41) is 8.10. The van der Waals surface area contributed by atoms with Crippen molar-refractivity contribution in [1.29, 1.82) is 0 Å². The summed E-state index contributed by atoms with van der Waals surface area (Å²) in [5.74, 6) is -0.684. The fourth-order valence-electron chi connectivity index (χ4n) is 3.01. The Labute approximate surface area is 172 Å². The zero-order chi connectivity index (χ0) is 20.8. The Morgan fingerprint density at radius 1 is 1.17 bits per heavy atom. The van der Waals surface area contributed by atoms with Crippen LogP contribution in [0.25, 0.3) is 10.9 Å². The van der Waals surface area contributed by atoms with Gasteiger partial charge in [0.2, 0.25) is 11.3 Å². The van der Waals surface area contributed by atoms with Crippen LogP contribution in [-0.4, -0.2) is 28.8 Å². The maximum atomic E-state index is 12.5. The van der Waals surface area contributed by atoms with E-state index in [-0.39, 0.29) is 30.7 Å². The third-order valence-corrected chi connectivity index (χ3v) is 4.77. The molecule has 0 saturated carbocycles. The fraction of sp³-hybridized carbons (Fsp3) is 0.238. The van der Waals surface area contributed by atoms with Crippen molar-refractivity contribution in [3.63, 3.8) is 0 Å². The Bertz CT molecular complexity index is 1080.